The summed E-state index contributed by atoms with van der Waals surface area (Å²) < 4.78 is 10.6. The number of ether oxygens (including phenoxy) is 2. The number of aromatic nitrogens is 1. The van der Waals surface area contributed by atoms with Gasteiger partial charge in [0, 0.05) is 23.5 Å². The first-order valence-corrected chi connectivity index (χ1v) is 4.46. The molecule has 2 heterocycles. The van der Waals surface area contributed by atoms with Crippen LogP contribution >= 0.6 is 0 Å². The Bertz CT molecular complexity index is 345. The van der Waals surface area contributed by atoms with E-state index in [4.69, 9.17) is 9.47 Å². The summed E-state index contributed by atoms with van der Waals surface area (Å²) in [6, 6.07) is 1.76. The minimum absolute atomic E-state index is 0.00246. The molecule has 0 radical (unpaired) electrons. The Hall–Kier alpha value is -1.26. The molecule has 1 aromatic rings. The summed E-state index contributed by atoms with van der Waals surface area (Å²) in [5.74, 6) is -0.00246. The van der Waals surface area contributed by atoms with Crippen molar-refractivity contribution in [2.75, 3.05) is 13.2 Å². The predicted molar refractivity (Wildman–Crippen MR) is 48.9 cm³/mol. The largest absolute Gasteiger partial charge is 0.346 e. The van der Waals surface area contributed by atoms with Gasteiger partial charge < -0.3 is 9.47 Å². The summed E-state index contributed by atoms with van der Waals surface area (Å²) in [5, 5.41) is 0. The molecule has 0 unspecified atom stereocenters. The lowest BCUT2D eigenvalue weighted by Crippen LogP contribution is -2.02. The first kappa shape index (κ1) is 9.30. The molecule has 0 amide bonds. The van der Waals surface area contributed by atoms with Crippen LogP contribution in [0.3, 0.4) is 0 Å². The number of ketones is 1. The maximum Gasteiger partial charge on any atom is 0.185 e. The normalized spacial score (nSPS) is 17.2. The van der Waals surface area contributed by atoms with Gasteiger partial charge in [0.2, 0.25) is 0 Å². The van der Waals surface area contributed by atoms with E-state index in [2.05, 4.69) is 4.98 Å². The highest BCUT2D eigenvalue weighted by Crippen LogP contribution is 2.22. The van der Waals surface area contributed by atoms with Crippen LogP contribution in [0.4, 0.5) is 0 Å². The fourth-order valence-electron chi connectivity index (χ4n) is 1.33. The van der Waals surface area contributed by atoms with Crippen molar-refractivity contribution in [3.8, 4) is 0 Å². The molecule has 0 atom stereocenters. The summed E-state index contributed by atoms with van der Waals surface area (Å²) in [6.07, 6.45) is 2.84. The molecule has 1 aromatic heterocycles. The van der Waals surface area contributed by atoms with Crippen molar-refractivity contribution in [2.45, 2.75) is 13.2 Å². The van der Waals surface area contributed by atoms with Gasteiger partial charge in [-0.2, -0.15) is 0 Å². The first-order chi connectivity index (χ1) is 6.77. The molecule has 2 rings (SSSR count). The lowest BCUT2D eigenvalue weighted by Gasteiger charge is -2.08. The molecule has 0 saturated carbocycles. The van der Waals surface area contributed by atoms with Gasteiger partial charge in [0.05, 0.1) is 13.2 Å². The highest BCUT2D eigenvalue weighted by atomic mass is 16.7. The molecular formula is C10H11NO3. The van der Waals surface area contributed by atoms with Gasteiger partial charge in [-0.25, -0.2) is 0 Å². The van der Waals surface area contributed by atoms with Crippen LogP contribution in [-0.4, -0.2) is 24.0 Å². The smallest absolute Gasteiger partial charge is 0.185 e. The van der Waals surface area contributed by atoms with Crippen LogP contribution in [-0.2, 0) is 9.47 Å². The Labute approximate surface area is 81.9 Å². The molecule has 0 aliphatic carbocycles. The lowest BCUT2D eigenvalue weighted by atomic mass is 10.1. The van der Waals surface area contributed by atoms with Crippen LogP contribution in [0, 0.1) is 0 Å². The molecule has 1 fully saturated rings. The van der Waals surface area contributed by atoms with Crippen LogP contribution in [0.15, 0.2) is 18.5 Å². The van der Waals surface area contributed by atoms with Crippen LogP contribution < -0.4 is 0 Å². The van der Waals surface area contributed by atoms with Crippen molar-refractivity contribution in [3.05, 3.63) is 29.6 Å². The van der Waals surface area contributed by atoms with E-state index in [1.54, 1.807) is 18.5 Å². The van der Waals surface area contributed by atoms with Crippen LogP contribution in [0.1, 0.15) is 29.1 Å². The van der Waals surface area contributed by atoms with Gasteiger partial charge >= 0.3 is 0 Å². The Kier molecular flexibility index (Phi) is 2.56. The van der Waals surface area contributed by atoms with Crippen molar-refractivity contribution in [2.24, 2.45) is 0 Å². The minimum atomic E-state index is -0.359. The zero-order chi connectivity index (χ0) is 9.97. The number of pyridine rings is 1. The maximum absolute atomic E-state index is 11.1. The van der Waals surface area contributed by atoms with Gasteiger partial charge in [-0.05, 0) is 13.0 Å². The second kappa shape index (κ2) is 3.86. The molecule has 1 saturated heterocycles. The fourth-order valence-corrected chi connectivity index (χ4v) is 1.33. The topological polar surface area (TPSA) is 48.4 Å². The SMILES string of the molecule is CC(=O)c1cncc(C2OCCO2)c1. The van der Waals surface area contributed by atoms with Gasteiger partial charge in [0.1, 0.15) is 0 Å². The van der Waals surface area contributed by atoms with Crippen molar-refractivity contribution in [1.29, 1.82) is 0 Å². The van der Waals surface area contributed by atoms with E-state index >= 15 is 0 Å². The standard InChI is InChI=1S/C10H11NO3/c1-7(12)8-4-9(6-11-5-8)10-13-2-3-14-10/h4-6,10H,2-3H2,1H3. The van der Waals surface area contributed by atoms with E-state index in [1.807, 2.05) is 0 Å². The van der Waals surface area contributed by atoms with E-state index in [-0.39, 0.29) is 12.1 Å². The molecule has 1 aliphatic heterocycles. The van der Waals surface area contributed by atoms with Gasteiger partial charge in [0.15, 0.2) is 12.1 Å². The first-order valence-electron chi connectivity index (χ1n) is 4.46. The van der Waals surface area contributed by atoms with E-state index in [0.29, 0.717) is 18.8 Å². The number of hydrogen-bond acceptors (Lipinski definition) is 4. The average Bonchev–Trinajstić information content (AvgIpc) is 2.71. The number of rotatable bonds is 2. The molecular weight excluding hydrogens is 182 g/mol. The highest BCUT2D eigenvalue weighted by molar-refractivity contribution is 5.93. The Morgan fingerprint density at radius 3 is 2.79 bits per heavy atom. The monoisotopic (exact) mass is 193 g/mol. The van der Waals surface area contributed by atoms with E-state index < -0.39 is 0 Å². The van der Waals surface area contributed by atoms with Crippen molar-refractivity contribution >= 4 is 5.78 Å². The zero-order valence-corrected chi connectivity index (χ0v) is 7.90. The summed E-state index contributed by atoms with van der Waals surface area (Å²) in [7, 11) is 0. The quantitative estimate of drug-likeness (QED) is 0.665. The molecule has 0 bridgehead atoms. The van der Waals surface area contributed by atoms with Gasteiger partial charge in [-0.15, -0.1) is 0 Å². The highest BCUT2D eigenvalue weighted by Gasteiger charge is 2.19. The number of carbonyl (C=O) groups excluding carboxylic acids is 1. The Morgan fingerprint density at radius 1 is 1.43 bits per heavy atom. The zero-order valence-electron chi connectivity index (χ0n) is 7.90. The van der Waals surface area contributed by atoms with Gasteiger partial charge in [0.25, 0.3) is 0 Å². The molecule has 0 spiro atoms. The fraction of sp³-hybridized carbons (Fsp3) is 0.400. The van der Waals surface area contributed by atoms with E-state index in [0.717, 1.165) is 5.56 Å². The number of carbonyl (C=O) groups is 1. The molecule has 4 heteroatoms. The molecule has 0 N–H and O–H groups in total. The lowest BCUT2D eigenvalue weighted by molar-refractivity contribution is -0.0443. The molecule has 14 heavy (non-hydrogen) atoms. The summed E-state index contributed by atoms with van der Waals surface area (Å²) in [6.45, 7) is 2.70. The third-order valence-electron chi connectivity index (χ3n) is 2.06. The number of Topliss-reactive ketones (excluding diaryl/α,β-unsaturated/α-hetero) is 1. The van der Waals surface area contributed by atoms with Crippen LogP contribution in [0.2, 0.25) is 0 Å². The molecule has 4 nitrogen and oxygen atoms in total. The van der Waals surface area contributed by atoms with Crippen molar-refractivity contribution in [1.82, 2.24) is 4.98 Å². The molecule has 0 aromatic carbocycles. The average molecular weight is 193 g/mol. The van der Waals surface area contributed by atoms with Gasteiger partial charge in [-0.1, -0.05) is 0 Å². The van der Waals surface area contributed by atoms with Crippen molar-refractivity contribution < 1.29 is 14.3 Å². The Balaban J connectivity index is 2.25. The summed E-state index contributed by atoms with van der Waals surface area (Å²) in [5.41, 5.74) is 1.39. The van der Waals surface area contributed by atoms with Crippen LogP contribution in [0.25, 0.3) is 0 Å². The van der Waals surface area contributed by atoms with Gasteiger partial charge in [-0.3, -0.25) is 9.78 Å². The molecule has 1 aliphatic rings. The maximum atomic E-state index is 11.1. The van der Waals surface area contributed by atoms with E-state index in [1.165, 1.54) is 6.92 Å². The Morgan fingerprint density at radius 2 is 2.14 bits per heavy atom. The predicted octanol–water partition coefficient (Wildman–Crippen LogP) is 1.33. The third-order valence-corrected chi connectivity index (χ3v) is 2.06. The summed E-state index contributed by atoms with van der Waals surface area (Å²) in [4.78, 5) is 15.1. The minimum Gasteiger partial charge on any atom is -0.346 e. The van der Waals surface area contributed by atoms with Crippen LogP contribution in [0.5, 0.6) is 0 Å². The van der Waals surface area contributed by atoms with Crippen molar-refractivity contribution in [3.63, 3.8) is 0 Å². The van der Waals surface area contributed by atoms with E-state index in [9.17, 15) is 4.79 Å². The summed E-state index contributed by atoms with van der Waals surface area (Å²) >= 11 is 0. The third kappa shape index (κ3) is 1.81. The number of hydrogen-bond donors (Lipinski definition) is 0. The second-order valence-corrected chi connectivity index (χ2v) is 3.14. The molecule has 74 valence electrons. The number of nitrogens with zero attached hydrogens (tertiary/aromatic N) is 1. The second-order valence-electron chi connectivity index (χ2n) is 3.14.